The number of pyridine rings is 1. The number of aliphatic imine (C=N–C) groups is 1. The van der Waals surface area contributed by atoms with Crippen molar-refractivity contribution in [2.45, 2.75) is 6.54 Å². The van der Waals surface area contributed by atoms with Crippen LogP contribution in [-0.2, 0) is 6.54 Å². The van der Waals surface area contributed by atoms with Gasteiger partial charge in [0.15, 0.2) is 5.96 Å². The first-order valence-electron chi connectivity index (χ1n) is 7.38. The van der Waals surface area contributed by atoms with E-state index in [0.717, 1.165) is 17.3 Å². The second kappa shape index (κ2) is 10.8. The van der Waals surface area contributed by atoms with Crippen LogP contribution in [0.4, 0.5) is 4.39 Å². The Labute approximate surface area is 159 Å². The maximum Gasteiger partial charge on any atom is 0.193 e. The average molecular weight is 444 g/mol. The maximum atomic E-state index is 12.9. The molecular weight excluding hydrogens is 422 g/mol. The zero-order chi connectivity index (χ0) is 16.5. The molecule has 5 nitrogen and oxygen atoms in total. The van der Waals surface area contributed by atoms with Crippen molar-refractivity contribution in [3.63, 3.8) is 0 Å². The molecule has 0 saturated heterocycles. The highest BCUT2D eigenvalue weighted by atomic mass is 127. The van der Waals surface area contributed by atoms with Crippen LogP contribution in [0.15, 0.2) is 53.8 Å². The normalized spacial score (nSPS) is 10.7. The minimum absolute atomic E-state index is 0. The van der Waals surface area contributed by atoms with Crippen molar-refractivity contribution in [2.75, 3.05) is 27.2 Å². The van der Waals surface area contributed by atoms with Gasteiger partial charge in [0.05, 0.1) is 12.7 Å². The molecule has 1 N–H and O–H groups in total. The molecular formula is C17H22FIN4O. The molecule has 0 bridgehead atoms. The molecule has 0 atom stereocenters. The molecule has 0 amide bonds. The van der Waals surface area contributed by atoms with Crippen LogP contribution < -0.4 is 10.1 Å². The SMILES string of the molecule is CN=C(NCCOc1cccnc1)N(C)Cc1ccc(F)cc1.I. The molecule has 1 heterocycles. The van der Waals surface area contributed by atoms with Crippen molar-refractivity contribution in [2.24, 2.45) is 4.99 Å². The molecule has 0 radical (unpaired) electrons. The fourth-order valence-electron chi connectivity index (χ4n) is 2.09. The lowest BCUT2D eigenvalue weighted by Gasteiger charge is -2.22. The number of aromatic nitrogens is 1. The summed E-state index contributed by atoms with van der Waals surface area (Å²) in [6, 6.07) is 10.2. The van der Waals surface area contributed by atoms with Gasteiger partial charge >= 0.3 is 0 Å². The van der Waals surface area contributed by atoms with Gasteiger partial charge in [-0.05, 0) is 29.8 Å². The standard InChI is InChI=1S/C17H21FN4O.HI/c1-19-17(21-10-11-23-16-4-3-9-20-12-16)22(2)13-14-5-7-15(18)8-6-14;/h3-9,12H,10-11,13H2,1-2H3,(H,19,21);1H. The first kappa shape index (κ1) is 20.1. The van der Waals surface area contributed by atoms with Gasteiger partial charge in [0.1, 0.15) is 18.2 Å². The highest BCUT2D eigenvalue weighted by molar-refractivity contribution is 14.0. The molecule has 0 aliphatic rings. The van der Waals surface area contributed by atoms with Crippen LogP contribution in [0.25, 0.3) is 0 Å². The van der Waals surface area contributed by atoms with E-state index in [-0.39, 0.29) is 29.8 Å². The number of rotatable bonds is 6. The fraction of sp³-hybridized carbons (Fsp3) is 0.294. The number of ether oxygens (including phenoxy) is 1. The molecule has 0 spiro atoms. The van der Waals surface area contributed by atoms with Crippen LogP contribution in [0.5, 0.6) is 5.75 Å². The summed E-state index contributed by atoms with van der Waals surface area (Å²) >= 11 is 0. The second-order valence-electron chi connectivity index (χ2n) is 4.99. The third kappa shape index (κ3) is 6.69. The first-order valence-corrected chi connectivity index (χ1v) is 7.38. The van der Waals surface area contributed by atoms with Crippen molar-refractivity contribution >= 4 is 29.9 Å². The Hall–Kier alpha value is -1.90. The Bertz CT molecular complexity index is 622. The number of guanidine groups is 1. The second-order valence-corrected chi connectivity index (χ2v) is 4.99. The highest BCUT2D eigenvalue weighted by Gasteiger charge is 2.06. The zero-order valence-electron chi connectivity index (χ0n) is 13.8. The molecule has 0 saturated carbocycles. The van der Waals surface area contributed by atoms with Crippen LogP contribution in [0.1, 0.15) is 5.56 Å². The minimum atomic E-state index is -0.230. The minimum Gasteiger partial charge on any atom is -0.490 e. The van der Waals surface area contributed by atoms with E-state index in [2.05, 4.69) is 15.3 Å². The van der Waals surface area contributed by atoms with E-state index in [1.165, 1.54) is 12.1 Å². The highest BCUT2D eigenvalue weighted by Crippen LogP contribution is 2.06. The smallest absolute Gasteiger partial charge is 0.193 e. The van der Waals surface area contributed by atoms with Crippen molar-refractivity contribution in [3.8, 4) is 5.75 Å². The van der Waals surface area contributed by atoms with E-state index in [9.17, 15) is 4.39 Å². The van der Waals surface area contributed by atoms with Crippen molar-refractivity contribution in [1.82, 2.24) is 15.2 Å². The number of hydrogen-bond donors (Lipinski definition) is 1. The molecule has 2 rings (SSSR count). The third-order valence-corrected chi connectivity index (χ3v) is 3.19. The van der Waals surface area contributed by atoms with Crippen LogP contribution >= 0.6 is 24.0 Å². The molecule has 1 aromatic heterocycles. The Morgan fingerprint density at radius 2 is 2.04 bits per heavy atom. The van der Waals surface area contributed by atoms with Gasteiger partial charge in [-0.15, -0.1) is 24.0 Å². The number of nitrogens with one attached hydrogen (secondary N) is 1. The fourth-order valence-corrected chi connectivity index (χ4v) is 2.09. The lowest BCUT2D eigenvalue weighted by atomic mass is 10.2. The Morgan fingerprint density at radius 3 is 2.67 bits per heavy atom. The van der Waals surface area contributed by atoms with Gasteiger partial charge in [-0.3, -0.25) is 9.98 Å². The molecule has 1 aromatic carbocycles. The predicted molar refractivity (Wildman–Crippen MR) is 104 cm³/mol. The van der Waals surface area contributed by atoms with Gasteiger partial charge in [-0.25, -0.2) is 4.39 Å². The summed E-state index contributed by atoms with van der Waals surface area (Å²) in [5, 5.41) is 3.23. The summed E-state index contributed by atoms with van der Waals surface area (Å²) in [5.74, 6) is 1.26. The molecule has 7 heteroatoms. The molecule has 0 unspecified atom stereocenters. The lowest BCUT2D eigenvalue weighted by Crippen LogP contribution is -2.40. The molecule has 0 fully saturated rings. The Balaban J connectivity index is 0.00000288. The molecule has 130 valence electrons. The van der Waals surface area contributed by atoms with Crippen LogP contribution in [-0.4, -0.2) is 43.1 Å². The number of hydrogen-bond acceptors (Lipinski definition) is 3. The summed E-state index contributed by atoms with van der Waals surface area (Å²) in [6.45, 7) is 1.77. The number of halogens is 2. The molecule has 24 heavy (non-hydrogen) atoms. The van der Waals surface area contributed by atoms with Gasteiger partial charge < -0.3 is 15.0 Å². The molecule has 2 aromatic rings. The maximum absolute atomic E-state index is 12.9. The number of benzene rings is 1. The summed E-state index contributed by atoms with van der Waals surface area (Å²) < 4.78 is 18.5. The van der Waals surface area contributed by atoms with Gasteiger partial charge in [0.25, 0.3) is 0 Å². The van der Waals surface area contributed by atoms with E-state index in [0.29, 0.717) is 19.7 Å². The van der Waals surface area contributed by atoms with E-state index in [1.54, 1.807) is 31.6 Å². The summed E-state index contributed by atoms with van der Waals surface area (Å²) in [4.78, 5) is 10.2. The van der Waals surface area contributed by atoms with Gasteiger partial charge in [-0.1, -0.05) is 12.1 Å². The number of nitrogens with zero attached hydrogens (tertiary/aromatic N) is 3. The zero-order valence-corrected chi connectivity index (χ0v) is 16.1. The van der Waals surface area contributed by atoms with E-state index >= 15 is 0 Å². The quantitative estimate of drug-likeness (QED) is 0.322. The Morgan fingerprint density at radius 1 is 1.29 bits per heavy atom. The van der Waals surface area contributed by atoms with Gasteiger partial charge in [0, 0.05) is 26.8 Å². The predicted octanol–water partition coefficient (Wildman–Crippen LogP) is 2.92. The Kier molecular flexibility index (Phi) is 9.06. The van der Waals surface area contributed by atoms with Gasteiger partial charge in [-0.2, -0.15) is 0 Å². The van der Waals surface area contributed by atoms with E-state index in [4.69, 9.17) is 4.74 Å². The van der Waals surface area contributed by atoms with Crippen LogP contribution in [0, 0.1) is 5.82 Å². The first-order chi connectivity index (χ1) is 11.2. The third-order valence-electron chi connectivity index (χ3n) is 3.19. The average Bonchev–Trinajstić information content (AvgIpc) is 2.58. The van der Waals surface area contributed by atoms with Crippen molar-refractivity contribution in [1.29, 1.82) is 0 Å². The van der Waals surface area contributed by atoms with Crippen molar-refractivity contribution < 1.29 is 9.13 Å². The summed E-state index contributed by atoms with van der Waals surface area (Å²) in [7, 11) is 3.66. The van der Waals surface area contributed by atoms with Crippen molar-refractivity contribution in [3.05, 3.63) is 60.2 Å². The monoisotopic (exact) mass is 444 g/mol. The van der Waals surface area contributed by atoms with Gasteiger partial charge in [0.2, 0.25) is 0 Å². The summed E-state index contributed by atoms with van der Waals surface area (Å²) in [6.07, 6.45) is 3.38. The molecule has 0 aliphatic carbocycles. The lowest BCUT2D eigenvalue weighted by molar-refractivity contribution is 0.318. The van der Waals surface area contributed by atoms with E-state index < -0.39 is 0 Å². The van der Waals surface area contributed by atoms with Crippen LogP contribution in [0.2, 0.25) is 0 Å². The largest absolute Gasteiger partial charge is 0.490 e. The molecule has 0 aliphatic heterocycles. The topological polar surface area (TPSA) is 49.8 Å². The van der Waals surface area contributed by atoms with Crippen LogP contribution in [0.3, 0.4) is 0 Å². The van der Waals surface area contributed by atoms with E-state index in [1.807, 2.05) is 24.1 Å². The summed E-state index contributed by atoms with van der Waals surface area (Å²) in [5.41, 5.74) is 1.02.